The lowest BCUT2D eigenvalue weighted by Crippen LogP contribution is -2.24. The van der Waals surface area contributed by atoms with Gasteiger partial charge in [0.1, 0.15) is 30.4 Å². The molecule has 0 radical (unpaired) electrons. The number of pyridine rings is 1. The molecule has 0 spiro atoms. The predicted molar refractivity (Wildman–Crippen MR) is 116 cm³/mol. The SMILES string of the molecule is CN=C(N)OCC1c2cc(C#CC3CC3)ccc2Oc2ncc(OCC(C)(C)F)cc21. The minimum atomic E-state index is -1.46. The fraction of sp³-hybridized carbons (Fsp3) is 0.417. The Labute approximate surface area is 181 Å². The van der Waals surface area contributed by atoms with Crippen LogP contribution in [0.1, 0.15) is 49.3 Å². The highest BCUT2D eigenvalue weighted by atomic mass is 19.1. The van der Waals surface area contributed by atoms with Gasteiger partial charge in [-0.25, -0.2) is 14.4 Å². The maximum absolute atomic E-state index is 13.9. The molecule has 1 aromatic heterocycles. The molecular formula is C24H26FN3O3. The minimum absolute atomic E-state index is 0.0809. The van der Waals surface area contributed by atoms with Crippen LogP contribution in [0.15, 0.2) is 35.5 Å². The van der Waals surface area contributed by atoms with Gasteiger partial charge < -0.3 is 19.9 Å². The minimum Gasteiger partial charge on any atom is -0.489 e. The van der Waals surface area contributed by atoms with E-state index in [2.05, 4.69) is 21.8 Å². The van der Waals surface area contributed by atoms with Gasteiger partial charge in [-0.2, -0.15) is 0 Å². The van der Waals surface area contributed by atoms with Gasteiger partial charge in [0, 0.05) is 29.7 Å². The van der Waals surface area contributed by atoms with E-state index in [-0.39, 0.29) is 25.2 Å². The monoisotopic (exact) mass is 423 g/mol. The molecule has 2 aromatic rings. The zero-order valence-corrected chi connectivity index (χ0v) is 17.9. The maximum Gasteiger partial charge on any atom is 0.281 e. The Balaban J connectivity index is 1.68. The molecule has 4 rings (SSSR count). The van der Waals surface area contributed by atoms with E-state index in [1.165, 1.54) is 32.9 Å². The number of ether oxygens (including phenoxy) is 3. The van der Waals surface area contributed by atoms with E-state index in [1.807, 2.05) is 24.3 Å². The van der Waals surface area contributed by atoms with Gasteiger partial charge in [0.2, 0.25) is 5.88 Å². The zero-order valence-electron chi connectivity index (χ0n) is 17.9. The predicted octanol–water partition coefficient (Wildman–Crippen LogP) is 4.17. The Morgan fingerprint density at radius 2 is 2.13 bits per heavy atom. The van der Waals surface area contributed by atoms with Crippen LogP contribution in [-0.2, 0) is 4.74 Å². The summed E-state index contributed by atoms with van der Waals surface area (Å²) >= 11 is 0. The summed E-state index contributed by atoms with van der Waals surface area (Å²) in [6, 6.07) is 7.77. The molecule has 1 unspecified atom stereocenters. The summed E-state index contributed by atoms with van der Waals surface area (Å²) in [6.45, 7) is 3.09. The lowest BCUT2D eigenvalue weighted by molar-refractivity contribution is 0.120. The van der Waals surface area contributed by atoms with Crippen LogP contribution in [-0.4, -0.2) is 36.9 Å². The van der Waals surface area contributed by atoms with Crippen molar-refractivity contribution < 1.29 is 18.6 Å². The van der Waals surface area contributed by atoms with Crippen LogP contribution >= 0.6 is 0 Å². The molecule has 2 N–H and O–H groups in total. The number of nitrogens with two attached hydrogens (primary N) is 1. The Hall–Kier alpha value is -3.27. The van der Waals surface area contributed by atoms with Gasteiger partial charge in [0.15, 0.2) is 0 Å². The maximum atomic E-state index is 13.9. The van der Waals surface area contributed by atoms with Crippen LogP contribution in [0, 0.1) is 17.8 Å². The van der Waals surface area contributed by atoms with Crippen molar-refractivity contribution in [3.8, 4) is 29.2 Å². The third kappa shape index (κ3) is 5.26. The summed E-state index contributed by atoms with van der Waals surface area (Å²) in [6.07, 6.45) is 3.88. The van der Waals surface area contributed by atoms with Gasteiger partial charge in [0.05, 0.1) is 12.1 Å². The van der Waals surface area contributed by atoms with Crippen molar-refractivity contribution >= 4 is 6.02 Å². The first-order valence-corrected chi connectivity index (χ1v) is 10.3. The number of benzene rings is 1. The number of halogens is 1. The second-order valence-electron chi connectivity index (χ2n) is 8.40. The average molecular weight is 423 g/mol. The first-order valence-electron chi connectivity index (χ1n) is 10.3. The summed E-state index contributed by atoms with van der Waals surface area (Å²) in [7, 11) is 1.57. The standard InChI is InChI=1S/C24H26FN3O3/c1-24(2,25)14-30-17-11-19-20(13-29-23(26)27-3)18-10-16(7-6-15-4-5-15)8-9-21(18)31-22(19)28-12-17/h8-12,15,20H,4-5,13-14H2,1-3H3,(H2,26,27). The molecule has 0 saturated heterocycles. The molecule has 31 heavy (non-hydrogen) atoms. The van der Waals surface area contributed by atoms with E-state index in [0.717, 1.165) is 16.7 Å². The molecule has 2 aliphatic rings. The molecule has 7 heteroatoms. The van der Waals surface area contributed by atoms with Crippen molar-refractivity contribution in [1.82, 2.24) is 4.98 Å². The van der Waals surface area contributed by atoms with Crippen molar-refractivity contribution in [2.24, 2.45) is 16.6 Å². The number of nitrogens with zero attached hydrogens (tertiary/aromatic N) is 2. The molecule has 1 saturated carbocycles. The van der Waals surface area contributed by atoms with Crippen LogP contribution in [0.25, 0.3) is 0 Å². The van der Waals surface area contributed by atoms with Gasteiger partial charge in [-0.3, -0.25) is 0 Å². The number of aliphatic imine (C=N–C) groups is 1. The molecule has 1 aliphatic heterocycles. The lowest BCUT2D eigenvalue weighted by atomic mass is 9.89. The molecule has 2 heterocycles. The van der Waals surface area contributed by atoms with E-state index in [1.54, 1.807) is 7.05 Å². The molecule has 1 atom stereocenters. The van der Waals surface area contributed by atoms with Crippen molar-refractivity contribution in [1.29, 1.82) is 0 Å². The number of aromatic nitrogens is 1. The zero-order chi connectivity index (χ0) is 22.0. The topological polar surface area (TPSA) is 79.0 Å². The fourth-order valence-electron chi connectivity index (χ4n) is 3.21. The molecule has 1 fully saturated rings. The number of alkyl halides is 1. The highest BCUT2D eigenvalue weighted by molar-refractivity contribution is 5.71. The second-order valence-corrected chi connectivity index (χ2v) is 8.40. The summed E-state index contributed by atoms with van der Waals surface area (Å²) in [5, 5.41) is 0. The van der Waals surface area contributed by atoms with E-state index >= 15 is 0 Å². The van der Waals surface area contributed by atoms with Crippen LogP contribution in [0.4, 0.5) is 4.39 Å². The molecule has 6 nitrogen and oxygen atoms in total. The summed E-state index contributed by atoms with van der Waals surface area (Å²) in [5.74, 6) is 8.43. The number of fused-ring (bicyclic) bond motifs is 2. The van der Waals surface area contributed by atoms with Gasteiger partial charge in [-0.1, -0.05) is 11.8 Å². The quantitative estimate of drug-likeness (QED) is 0.444. The third-order valence-corrected chi connectivity index (χ3v) is 5.02. The Bertz CT molecular complexity index is 1060. The summed E-state index contributed by atoms with van der Waals surface area (Å²) < 4.78 is 31.2. The van der Waals surface area contributed by atoms with Crippen molar-refractivity contribution in [2.75, 3.05) is 20.3 Å². The van der Waals surface area contributed by atoms with E-state index in [0.29, 0.717) is 23.3 Å². The largest absolute Gasteiger partial charge is 0.489 e. The number of hydrogen-bond donors (Lipinski definition) is 1. The molecule has 0 bridgehead atoms. The smallest absolute Gasteiger partial charge is 0.281 e. The third-order valence-electron chi connectivity index (χ3n) is 5.02. The number of amidine groups is 1. The Kier molecular flexibility index (Phi) is 5.73. The Morgan fingerprint density at radius 3 is 2.84 bits per heavy atom. The van der Waals surface area contributed by atoms with Crippen LogP contribution in [0.3, 0.4) is 0 Å². The second kappa shape index (κ2) is 8.46. The highest BCUT2D eigenvalue weighted by Crippen LogP contribution is 2.44. The molecule has 162 valence electrons. The van der Waals surface area contributed by atoms with Gasteiger partial charge in [-0.15, -0.1) is 0 Å². The Morgan fingerprint density at radius 1 is 1.32 bits per heavy atom. The lowest BCUT2D eigenvalue weighted by Gasteiger charge is -2.28. The molecule has 0 amide bonds. The highest BCUT2D eigenvalue weighted by Gasteiger charge is 2.30. The van der Waals surface area contributed by atoms with E-state index in [4.69, 9.17) is 19.9 Å². The molecular weight excluding hydrogens is 397 g/mol. The van der Waals surface area contributed by atoms with Crippen LogP contribution in [0.2, 0.25) is 0 Å². The van der Waals surface area contributed by atoms with Gasteiger partial charge in [0.25, 0.3) is 6.02 Å². The molecule has 1 aromatic carbocycles. The van der Waals surface area contributed by atoms with Gasteiger partial charge in [-0.05, 0) is 51.0 Å². The van der Waals surface area contributed by atoms with Crippen LogP contribution < -0.4 is 15.2 Å². The average Bonchev–Trinajstić information content (AvgIpc) is 3.57. The van der Waals surface area contributed by atoms with E-state index in [9.17, 15) is 4.39 Å². The first-order chi connectivity index (χ1) is 14.8. The molecule has 1 aliphatic carbocycles. The normalized spacial score (nSPS) is 17.5. The van der Waals surface area contributed by atoms with E-state index < -0.39 is 5.67 Å². The number of rotatable bonds is 5. The van der Waals surface area contributed by atoms with Crippen molar-refractivity contribution in [3.63, 3.8) is 0 Å². The van der Waals surface area contributed by atoms with Crippen LogP contribution in [0.5, 0.6) is 17.4 Å². The van der Waals surface area contributed by atoms with Crippen molar-refractivity contribution in [2.45, 2.75) is 38.3 Å². The summed E-state index contributed by atoms with van der Waals surface area (Å²) in [5.41, 5.74) is 6.92. The summed E-state index contributed by atoms with van der Waals surface area (Å²) in [4.78, 5) is 8.26. The number of hydrogen-bond acceptors (Lipinski definition) is 5. The fourth-order valence-corrected chi connectivity index (χ4v) is 3.21. The van der Waals surface area contributed by atoms with Crippen molar-refractivity contribution in [3.05, 3.63) is 47.2 Å². The van der Waals surface area contributed by atoms with Gasteiger partial charge >= 0.3 is 0 Å². The first kappa shape index (κ1) is 21.0.